The molecule has 3 amide bonds. The van der Waals surface area contributed by atoms with Crippen LogP contribution in [0.5, 0.6) is 0 Å². The van der Waals surface area contributed by atoms with Crippen LogP contribution < -0.4 is 16.0 Å². The standard InChI is InChI=1S/C13H25N3O4/c1-5-6-9(7-11(18)19)15-12(20)14-8-10(17)16-13(2,3)4/h9H,5-8H2,1-4H3,(H,16,17)(H,18,19)(H2,14,15,20). The number of hydrogen-bond acceptors (Lipinski definition) is 3. The number of aliphatic carboxylic acids is 1. The second-order valence-electron chi connectivity index (χ2n) is 5.71. The van der Waals surface area contributed by atoms with Crippen molar-refractivity contribution in [1.82, 2.24) is 16.0 Å². The van der Waals surface area contributed by atoms with Crippen molar-refractivity contribution in [2.75, 3.05) is 6.54 Å². The van der Waals surface area contributed by atoms with E-state index in [9.17, 15) is 14.4 Å². The Labute approximate surface area is 119 Å². The SMILES string of the molecule is CCCC(CC(=O)O)NC(=O)NCC(=O)NC(C)(C)C. The van der Waals surface area contributed by atoms with E-state index in [2.05, 4.69) is 16.0 Å². The highest BCUT2D eigenvalue weighted by Crippen LogP contribution is 2.01. The number of urea groups is 1. The van der Waals surface area contributed by atoms with Gasteiger partial charge in [0.1, 0.15) is 0 Å². The molecule has 1 unspecified atom stereocenters. The number of carbonyl (C=O) groups is 3. The van der Waals surface area contributed by atoms with Crippen molar-refractivity contribution in [2.45, 2.75) is 58.5 Å². The molecule has 0 spiro atoms. The first kappa shape index (κ1) is 18.2. The second-order valence-corrected chi connectivity index (χ2v) is 5.71. The van der Waals surface area contributed by atoms with Gasteiger partial charge in [-0.3, -0.25) is 9.59 Å². The maximum absolute atomic E-state index is 11.6. The van der Waals surface area contributed by atoms with Crippen molar-refractivity contribution in [3.05, 3.63) is 0 Å². The van der Waals surface area contributed by atoms with E-state index >= 15 is 0 Å². The normalized spacial score (nSPS) is 12.4. The average molecular weight is 287 g/mol. The topological polar surface area (TPSA) is 108 Å². The Balaban J connectivity index is 4.13. The lowest BCUT2D eigenvalue weighted by Gasteiger charge is -2.21. The smallest absolute Gasteiger partial charge is 0.315 e. The molecule has 0 aromatic heterocycles. The highest BCUT2D eigenvalue weighted by molar-refractivity contribution is 5.84. The van der Waals surface area contributed by atoms with Crippen LogP contribution in [-0.4, -0.2) is 41.1 Å². The molecule has 0 fully saturated rings. The molecule has 0 heterocycles. The molecular weight excluding hydrogens is 262 g/mol. The molecular formula is C13H25N3O4. The van der Waals surface area contributed by atoms with Gasteiger partial charge in [-0.2, -0.15) is 0 Å². The van der Waals surface area contributed by atoms with Gasteiger partial charge in [0.15, 0.2) is 0 Å². The molecule has 116 valence electrons. The summed E-state index contributed by atoms with van der Waals surface area (Å²) < 4.78 is 0. The molecule has 4 N–H and O–H groups in total. The van der Waals surface area contributed by atoms with E-state index in [1.54, 1.807) is 0 Å². The molecule has 0 aromatic carbocycles. The molecule has 0 aromatic rings. The van der Waals surface area contributed by atoms with Gasteiger partial charge in [0.05, 0.1) is 13.0 Å². The average Bonchev–Trinajstić information content (AvgIpc) is 2.23. The number of hydrogen-bond donors (Lipinski definition) is 4. The molecule has 0 aliphatic heterocycles. The zero-order valence-electron chi connectivity index (χ0n) is 12.6. The van der Waals surface area contributed by atoms with E-state index in [-0.39, 0.29) is 24.4 Å². The maximum atomic E-state index is 11.6. The maximum Gasteiger partial charge on any atom is 0.315 e. The van der Waals surface area contributed by atoms with Crippen LogP contribution >= 0.6 is 0 Å². The largest absolute Gasteiger partial charge is 0.481 e. The molecule has 7 nitrogen and oxygen atoms in total. The zero-order valence-corrected chi connectivity index (χ0v) is 12.6. The van der Waals surface area contributed by atoms with Crippen LogP contribution in [0.25, 0.3) is 0 Å². The Kier molecular flexibility index (Phi) is 7.64. The van der Waals surface area contributed by atoms with E-state index in [0.717, 1.165) is 6.42 Å². The number of nitrogens with one attached hydrogen (secondary N) is 3. The van der Waals surface area contributed by atoms with Crippen LogP contribution in [0.1, 0.15) is 47.0 Å². The first-order valence-electron chi connectivity index (χ1n) is 6.71. The lowest BCUT2D eigenvalue weighted by atomic mass is 10.1. The van der Waals surface area contributed by atoms with E-state index in [0.29, 0.717) is 6.42 Å². The summed E-state index contributed by atoms with van der Waals surface area (Å²) in [4.78, 5) is 33.7. The lowest BCUT2D eigenvalue weighted by molar-refractivity contribution is -0.137. The van der Waals surface area contributed by atoms with E-state index in [1.807, 2.05) is 27.7 Å². The lowest BCUT2D eigenvalue weighted by Crippen LogP contribution is -2.49. The third-order valence-electron chi connectivity index (χ3n) is 2.32. The summed E-state index contributed by atoms with van der Waals surface area (Å²) in [6.07, 6.45) is 1.21. The molecule has 0 saturated carbocycles. The van der Waals surface area contributed by atoms with Crippen LogP contribution in [0.15, 0.2) is 0 Å². The van der Waals surface area contributed by atoms with Gasteiger partial charge in [0.2, 0.25) is 5.91 Å². The minimum absolute atomic E-state index is 0.130. The summed E-state index contributed by atoms with van der Waals surface area (Å²) >= 11 is 0. The monoisotopic (exact) mass is 287 g/mol. The zero-order chi connectivity index (χ0) is 15.8. The van der Waals surface area contributed by atoms with E-state index in [1.165, 1.54) is 0 Å². The molecule has 20 heavy (non-hydrogen) atoms. The molecule has 0 bridgehead atoms. The molecule has 0 aliphatic rings. The molecule has 0 aliphatic carbocycles. The number of amides is 3. The van der Waals surface area contributed by atoms with Crippen molar-refractivity contribution >= 4 is 17.9 Å². The number of carbonyl (C=O) groups excluding carboxylic acids is 2. The summed E-state index contributed by atoms with van der Waals surface area (Å²) in [6, 6.07) is -0.961. The third kappa shape index (κ3) is 10.2. The fraction of sp³-hybridized carbons (Fsp3) is 0.769. The van der Waals surface area contributed by atoms with Crippen LogP contribution in [0, 0.1) is 0 Å². The highest BCUT2D eigenvalue weighted by atomic mass is 16.4. The Bertz CT molecular complexity index is 350. The number of carboxylic acid groups (broad SMARTS) is 1. The van der Waals surface area contributed by atoms with Crippen LogP contribution in [0.2, 0.25) is 0 Å². The Hall–Kier alpha value is -1.79. The van der Waals surface area contributed by atoms with Gasteiger partial charge < -0.3 is 21.1 Å². The molecule has 0 radical (unpaired) electrons. The van der Waals surface area contributed by atoms with Gasteiger partial charge in [-0.05, 0) is 27.2 Å². The Morgan fingerprint density at radius 2 is 1.80 bits per heavy atom. The van der Waals surface area contributed by atoms with Gasteiger partial charge in [-0.1, -0.05) is 13.3 Å². The van der Waals surface area contributed by atoms with Crippen molar-refractivity contribution in [2.24, 2.45) is 0 Å². The fourth-order valence-corrected chi connectivity index (χ4v) is 1.64. The first-order chi connectivity index (χ1) is 9.14. The van der Waals surface area contributed by atoms with Crippen molar-refractivity contribution in [3.63, 3.8) is 0 Å². The summed E-state index contributed by atoms with van der Waals surface area (Å²) in [7, 11) is 0. The Morgan fingerprint density at radius 1 is 1.20 bits per heavy atom. The molecule has 7 heteroatoms. The predicted octanol–water partition coefficient (Wildman–Crippen LogP) is 0.844. The number of carboxylic acids is 1. The van der Waals surface area contributed by atoms with Gasteiger partial charge in [0.25, 0.3) is 0 Å². The second kappa shape index (κ2) is 8.39. The highest BCUT2D eigenvalue weighted by Gasteiger charge is 2.17. The summed E-state index contributed by atoms with van der Waals surface area (Å²) in [5.41, 5.74) is -0.358. The van der Waals surface area contributed by atoms with Gasteiger partial charge in [-0.15, -0.1) is 0 Å². The Morgan fingerprint density at radius 3 is 2.25 bits per heavy atom. The fourth-order valence-electron chi connectivity index (χ4n) is 1.64. The summed E-state index contributed by atoms with van der Waals surface area (Å²) in [5.74, 6) is -1.26. The van der Waals surface area contributed by atoms with Crippen molar-refractivity contribution in [1.29, 1.82) is 0 Å². The van der Waals surface area contributed by atoms with Crippen LogP contribution in [-0.2, 0) is 9.59 Å². The first-order valence-corrected chi connectivity index (χ1v) is 6.71. The predicted molar refractivity (Wildman–Crippen MR) is 75.4 cm³/mol. The van der Waals surface area contributed by atoms with Crippen molar-refractivity contribution in [3.8, 4) is 0 Å². The van der Waals surface area contributed by atoms with E-state index < -0.39 is 18.0 Å². The quantitative estimate of drug-likeness (QED) is 0.556. The number of rotatable bonds is 7. The molecule has 1 atom stereocenters. The van der Waals surface area contributed by atoms with Crippen molar-refractivity contribution < 1.29 is 19.5 Å². The molecule has 0 saturated heterocycles. The summed E-state index contributed by atoms with van der Waals surface area (Å²) in [6.45, 7) is 7.29. The van der Waals surface area contributed by atoms with Gasteiger partial charge in [0, 0.05) is 11.6 Å². The summed E-state index contributed by atoms with van der Waals surface area (Å²) in [5, 5.41) is 16.4. The third-order valence-corrected chi connectivity index (χ3v) is 2.32. The van der Waals surface area contributed by atoms with Gasteiger partial charge in [-0.25, -0.2) is 4.79 Å². The molecule has 0 rings (SSSR count). The van der Waals surface area contributed by atoms with E-state index in [4.69, 9.17) is 5.11 Å². The minimum Gasteiger partial charge on any atom is -0.481 e. The van der Waals surface area contributed by atoms with Crippen LogP contribution in [0.3, 0.4) is 0 Å². The van der Waals surface area contributed by atoms with Gasteiger partial charge >= 0.3 is 12.0 Å². The minimum atomic E-state index is -0.964. The van der Waals surface area contributed by atoms with Crippen LogP contribution in [0.4, 0.5) is 4.79 Å².